The van der Waals surface area contributed by atoms with Gasteiger partial charge < -0.3 is 5.11 Å². The second kappa shape index (κ2) is 6.20. The van der Waals surface area contributed by atoms with Crippen LogP contribution in [0.1, 0.15) is 56.2 Å². The highest BCUT2D eigenvalue weighted by molar-refractivity contribution is 5.29. The van der Waals surface area contributed by atoms with E-state index in [0.29, 0.717) is 0 Å². The number of rotatable bonds is 6. The summed E-state index contributed by atoms with van der Waals surface area (Å²) < 4.78 is 0. The van der Waals surface area contributed by atoms with Crippen molar-refractivity contribution < 1.29 is 5.11 Å². The van der Waals surface area contributed by atoms with Gasteiger partial charge in [-0.3, -0.25) is 0 Å². The van der Waals surface area contributed by atoms with Crippen molar-refractivity contribution in [2.75, 3.05) is 0 Å². The summed E-state index contributed by atoms with van der Waals surface area (Å²) in [6.07, 6.45) is 4.67. The molecule has 96 valence electrons. The molecule has 0 aliphatic rings. The van der Waals surface area contributed by atoms with Crippen molar-refractivity contribution in [1.29, 1.82) is 0 Å². The van der Waals surface area contributed by atoms with Crippen molar-refractivity contribution in [2.45, 2.75) is 65.4 Å². The van der Waals surface area contributed by atoms with Crippen molar-refractivity contribution in [1.82, 2.24) is 0 Å². The summed E-state index contributed by atoms with van der Waals surface area (Å²) in [5.41, 5.74) is 3.33. The third-order valence-corrected chi connectivity index (χ3v) is 3.25. The van der Waals surface area contributed by atoms with Gasteiger partial charge in [0.2, 0.25) is 0 Å². The molecule has 1 heteroatoms. The van der Waals surface area contributed by atoms with E-state index >= 15 is 0 Å². The molecule has 1 rings (SSSR count). The van der Waals surface area contributed by atoms with Crippen molar-refractivity contribution in [3.8, 4) is 0 Å². The molecule has 0 saturated carbocycles. The van der Waals surface area contributed by atoms with Gasteiger partial charge in [0.05, 0.1) is 5.60 Å². The molecule has 0 atom stereocenters. The third kappa shape index (κ3) is 4.51. The fourth-order valence-electron chi connectivity index (χ4n) is 2.78. The number of hydrogen-bond acceptors (Lipinski definition) is 1. The van der Waals surface area contributed by atoms with E-state index in [1.165, 1.54) is 16.7 Å². The molecule has 0 aromatic heterocycles. The van der Waals surface area contributed by atoms with Gasteiger partial charge in [0, 0.05) is 6.42 Å². The number of hydrogen-bond donors (Lipinski definition) is 1. The van der Waals surface area contributed by atoms with E-state index in [1.807, 2.05) is 0 Å². The lowest BCUT2D eigenvalue weighted by Crippen LogP contribution is -2.31. The van der Waals surface area contributed by atoms with E-state index in [2.05, 4.69) is 45.9 Å². The first kappa shape index (κ1) is 14.2. The minimum atomic E-state index is -0.510. The fourth-order valence-corrected chi connectivity index (χ4v) is 2.78. The second-order valence-corrected chi connectivity index (χ2v) is 5.40. The molecule has 0 radical (unpaired) electrons. The molecule has 0 unspecified atom stereocenters. The van der Waals surface area contributed by atoms with Gasteiger partial charge in [0.1, 0.15) is 0 Å². The molecule has 0 heterocycles. The zero-order valence-corrected chi connectivity index (χ0v) is 11.7. The zero-order chi connectivity index (χ0) is 12.9. The highest BCUT2D eigenvalue weighted by Gasteiger charge is 2.25. The molecule has 17 heavy (non-hydrogen) atoms. The Morgan fingerprint density at radius 1 is 0.941 bits per heavy atom. The Labute approximate surface area is 106 Å². The van der Waals surface area contributed by atoms with Crippen molar-refractivity contribution in [3.05, 3.63) is 34.9 Å². The first-order valence-electron chi connectivity index (χ1n) is 6.78. The highest BCUT2D eigenvalue weighted by Crippen LogP contribution is 2.25. The van der Waals surface area contributed by atoms with Crippen molar-refractivity contribution in [2.24, 2.45) is 0 Å². The quantitative estimate of drug-likeness (QED) is 0.783. The molecule has 1 aromatic carbocycles. The minimum absolute atomic E-state index is 0.510. The van der Waals surface area contributed by atoms with E-state index < -0.39 is 5.60 Å². The molecular formula is C16H26O. The monoisotopic (exact) mass is 234 g/mol. The molecule has 0 amide bonds. The molecule has 1 N–H and O–H groups in total. The number of aryl methyl sites for hydroxylation is 2. The summed E-state index contributed by atoms with van der Waals surface area (Å²) in [4.78, 5) is 0. The third-order valence-electron chi connectivity index (χ3n) is 3.25. The van der Waals surface area contributed by atoms with Gasteiger partial charge in [-0.25, -0.2) is 0 Å². The smallest absolute Gasteiger partial charge is 0.0687 e. The van der Waals surface area contributed by atoms with E-state index in [4.69, 9.17) is 0 Å². The average molecular weight is 234 g/mol. The van der Waals surface area contributed by atoms with E-state index in [9.17, 15) is 5.11 Å². The average Bonchev–Trinajstić information content (AvgIpc) is 2.15. The lowest BCUT2D eigenvalue weighted by molar-refractivity contribution is 0.0216. The van der Waals surface area contributed by atoms with Crippen LogP contribution in [0.2, 0.25) is 0 Å². The van der Waals surface area contributed by atoms with E-state index in [-0.39, 0.29) is 0 Å². The topological polar surface area (TPSA) is 20.2 Å². The maximum absolute atomic E-state index is 10.6. The van der Waals surface area contributed by atoms with Gasteiger partial charge in [-0.1, -0.05) is 56.0 Å². The van der Waals surface area contributed by atoms with Crippen LogP contribution in [0.4, 0.5) is 0 Å². The maximum atomic E-state index is 10.6. The summed E-state index contributed by atoms with van der Waals surface area (Å²) in [6, 6.07) is 6.58. The standard InChI is InChI=1S/C16H26O/c1-5-7-16(17,8-6-2)12-15-10-13(3)9-14(4)11-15/h9-11,17H,5-8,12H2,1-4H3. The fraction of sp³-hybridized carbons (Fsp3) is 0.625. The molecule has 0 saturated heterocycles. The van der Waals surface area contributed by atoms with Gasteiger partial charge in [-0.15, -0.1) is 0 Å². The van der Waals surface area contributed by atoms with Crippen LogP contribution in [0.25, 0.3) is 0 Å². The SMILES string of the molecule is CCCC(O)(CCC)Cc1cc(C)cc(C)c1. The Morgan fingerprint density at radius 3 is 1.82 bits per heavy atom. The summed E-state index contributed by atoms with van der Waals surface area (Å²) in [5.74, 6) is 0. The van der Waals surface area contributed by atoms with Crippen molar-refractivity contribution >= 4 is 0 Å². The zero-order valence-electron chi connectivity index (χ0n) is 11.7. The maximum Gasteiger partial charge on any atom is 0.0687 e. The first-order valence-corrected chi connectivity index (χ1v) is 6.78. The molecule has 1 nitrogen and oxygen atoms in total. The normalized spacial score (nSPS) is 11.8. The Hall–Kier alpha value is -0.820. The predicted octanol–water partition coefficient (Wildman–Crippen LogP) is 4.18. The predicted molar refractivity (Wildman–Crippen MR) is 74.4 cm³/mol. The lowest BCUT2D eigenvalue weighted by atomic mass is 9.85. The molecule has 0 aliphatic heterocycles. The van der Waals surface area contributed by atoms with Gasteiger partial charge in [0.15, 0.2) is 0 Å². The van der Waals surface area contributed by atoms with Crippen LogP contribution >= 0.6 is 0 Å². The van der Waals surface area contributed by atoms with Crippen LogP contribution in [-0.4, -0.2) is 10.7 Å². The Bertz CT molecular complexity index is 328. The minimum Gasteiger partial charge on any atom is -0.390 e. The number of benzene rings is 1. The van der Waals surface area contributed by atoms with E-state index in [0.717, 1.165) is 32.1 Å². The van der Waals surface area contributed by atoms with Crippen molar-refractivity contribution in [3.63, 3.8) is 0 Å². The van der Waals surface area contributed by atoms with Crippen LogP contribution in [0, 0.1) is 13.8 Å². The summed E-state index contributed by atoms with van der Waals surface area (Å²) >= 11 is 0. The molecule has 0 spiro atoms. The Morgan fingerprint density at radius 2 is 1.41 bits per heavy atom. The molecule has 1 aromatic rings. The van der Waals surface area contributed by atoms with Crippen LogP contribution in [0.5, 0.6) is 0 Å². The van der Waals surface area contributed by atoms with Gasteiger partial charge in [-0.2, -0.15) is 0 Å². The van der Waals surface area contributed by atoms with Gasteiger partial charge in [0.25, 0.3) is 0 Å². The second-order valence-electron chi connectivity index (χ2n) is 5.40. The van der Waals surface area contributed by atoms with Crippen LogP contribution < -0.4 is 0 Å². The Balaban J connectivity index is 2.85. The van der Waals surface area contributed by atoms with Crippen LogP contribution in [-0.2, 0) is 6.42 Å². The summed E-state index contributed by atoms with van der Waals surface area (Å²) in [5, 5.41) is 10.6. The van der Waals surface area contributed by atoms with E-state index in [1.54, 1.807) is 0 Å². The van der Waals surface area contributed by atoms with Crippen LogP contribution in [0.15, 0.2) is 18.2 Å². The molecule has 0 fully saturated rings. The highest BCUT2D eigenvalue weighted by atomic mass is 16.3. The summed E-state index contributed by atoms with van der Waals surface area (Å²) in [7, 11) is 0. The molecular weight excluding hydrogens is 208 g/mol. The Kier molecular flexibility index (Phi) is 5.20. The van der Waals surface area contributed by atoms with Crippen LogP contribution in [0.3, 0.4) is 0 Å². The largest absolute Gasteiger partial charge is 0.390 e. The molecule has 0 bridgehead atoms. The van der Waals surface area contributed by atoms with Gasteiger partial charge in [-0.05, 0) is 32.3 Å². The summed E-state index contributed by atoms with van der Waals surface area (Å²) in [6.45, 7) is 8.52. The molecule has 0 aliphatic carbocycles. The first-order chi connectivity index (χ1) is 7.99. The lowest BCUT2D eigenvalue weighted by Gasteiger charge is -2.28. The number of aliphatic hydroxyl groups is 1. The van der Waals surface area contributed by atoms with Gasteiger partial charge >= 0.3 is 0 Å².